The number of ether oxygens (including phenoxy) is 1. The van der Waals surface area contributed by atoms with E-state index in [0.29, 0.717) is 5.75 Å². The average Bonchev–Trinajstić information content (AvgIpc) is 2.69. The Balaban J connectivity index is 1.75. The summed E-state index contributed by atoms with van der Waals surface area (Å²) in [5.74, 6) is -1.77. The molecule has 9 heteroatoms. The van der Waals surface area contributed by atoms with Crippen molar-refractivity contribution in [2.45, 2.75) is 36.1 Å². The van der Waals surface area contributed by atoms with Crippen molar-refractivity contribution in [1.29, 1.82) is 0 Å². The van der Waals surface area contributed by atoms with Crippen molar-refractivity contribution in [3.63, 3.8) is 0 Å². The van der Waals surface area contributed by atoms with E-state index in [1.165, 1.54) is 13.8 Å². The van der Waals surface area contributed by atoms with E-state index in [-0.39, 0.29) is 13.0 Å². The number of carboxylic acid groups (broad SMARTS) is 1. The van der Waals surface area contributed by atoms with E-state index in [9.17, 15) is 24.0 Å². The van der Waals surface area contributed by atoms with E-state index in [1.54, 1.807) is 30.3 Å². The minimum absolute atomic E-state index is 0.191. The lowest BCUT2D eigenvalue weighted by atomic mass is 9.96. The summed E-state index contributed by atoms with van der Waals surface area (Å²) < 4.78 is 17.0. The van der Waals surface area contributed by atoms with Gasteiger partial charge in [0.1, 0.15) is 12.2 Å². The third-order valence-corrected chi connectivity index (χ3v) is 6.67. The first-order valence-electron chi connectivity index (χ1n) is 7.66. The second-order valence-corrected chi connectivity index (χ2v) is 8.75. The van der Waals surface area contributed by atoms with Gasteiger partial charge in [-0.1, -0.05) is 18.2 Å². The highest BCUT2D eigenvalue weighted by Crippen LogP contribution is 2.51. The second-order valence-electron chi connectivity index (χ2n) is 6.49. The first kappa shape index (κ1) is 17.6. The maximum atomic E-state index is 12.9. The van der Waals surface area contributed by atoms with Crippen molar-refractivity contribution in [3.8, 4) is 5.75 Å². The zero-order valence-electron chi connectivity index (χ0n) is 13.7. The molecule has 2 aliphatic heterocycles. The van der Waals surface area contributed by atoms with Gasteiger partial charge < -0.3 is 14.4 Å². The van der Waals surface area contributed by atoms with Gasteiger partial charge in [0, 0.05) is 11.2 Å². The van der Waals surface area contributed by atoms with Crippen LogP contribution in [0.5, 0.6) is 5.75 Å². The summed E-state index contributed by atoms with van der Waals surface area (Å²) in [6.07, 6.45) is -0.191. The number of carboxylic acids is 1. The summed E-state index contributed by atoms with van der Waals surface area (Å²) in [5.41, 5.74) is 0. The maximum Gasteiger partial charge on any atom is 0.332 e. The third kappa shape index (κ3) is 2.63. The van der Waals surface area contributed by atoms with Crippen LogP contribution in [0.1, 0.15) is 20.3 Å². The minimum atomic E-state index is -1.78. The molecule has 25 heavy (non-hydrogen) atoms. The van der Waals surface area contributed by atoms with E-state index < -0.39 is 44.7 Å². The first-order chi connectivity index (χ1) is 11.7. The molecule has 2 N–H and O–H groups in total. The van der Waals surface area contributed by atoms with Crippen LogP contribution in [0.25, 0.3) is 0 Å². The second kappa shape index (κ2) is 5.92. The highest BCUT2D eigenvalue weighted by Gasteiger charge is 2.78. The molecular formula is C16H18N2O6S. The first-order valence-corrected chi connectivity index (χ1v) is 8.81. The van der Waals surface area contributed by atoms with Crippen LogP contribution in [-0.2, 0) is 25.6 Å². The molecule has 0 bridgehead atoms. The Morgan fingerprint density at radius 1 is 1.40 bits per heavy atom. The maximum absolute atomic E-state index is 12.9. The number of aliphatic carboxylic acids is 1. The van der Waals surface area contributed by atoms with Crippen molar-refractivity contribution in [1.82, 2.24) is 10.2 Å². The van der Waals surface area contributed by atoms with Gasteiger partial charge in [-0.25, -0.2) is 4.79 Å². The molecule has 2 saturated heterocycles. The lowest BCUT2D eigenvalue weighted by Crippen LogP contribution is -2.73. The molecule has 0 spiro atoms. The van der Waals surface area contributed by atoms with Crippen molar-refractivity contribution >= 4 is 29.0 Å². The quantitative estimate of drug-likeness (QED) is 0.562. The topological polar surface area (TPSA) is 119 Å². The van der Waals surface area contributed by atoms with Crippen LogP contribution < -0.4 is 10.1 Å². The number of benzene rings is 1. The largest absolute Gasteiger partial charge is 0.613 e. The molecule has 0 radical (unpaired) electrons. The molecular weight excluding hydrogens is 348 g/mol. The summed E-state index contributed by atoms with van der Waals surface area (Å²) in [5, 5.41) is 12.0. The number of amides is 2. The van der Waals surface area contributed by atoms with Crippen LogP contribution in [0.3, 0.4) is 0 Å². The van der Waals surface area contributed by atoms with Gasteiger partial charge in [0.05, 0.1) is 0 Å². The predicted molar refractivity (Wildman–Crippen MR) is 87.9 cm³/mol. The normalized spacial score (nSPS) is 29.6. The Morgan fingerprint density at radius 3 is 2.60 bits per heavy atom. The Bertz CT molecular complexity index is 725. The number of nitrogens with one attached hydrogen (secondary N) is 1. The van der Waals surface area contributed by atoms with E-state index in [0.717, 1.165) is 4.90 Å². The molecule has 0 aromatic heterocycles. The van der Waals surface area contributed by atoms with Crippen molar-refractivity contribution in [2.75, 3.05) is 6.61 Å². The number of carbonyl (C=O) groups excluding carboxylic acids is 2. The van der Waals surface area contributed by atoms with Gasteiger partial charge in [-0.2, -0.15) is 0 Å². The molecule has 3 atom stereocenters. The fraction of sp³-hybridized carbons (Fsp3) is 0.438. The van der Waals surface area contributed by atoms with Crippen molar-refractivity contribution in [3.05, 3.63) is 30.3 Å². The SMILES string of the molecule is CC1(C)[C@H](C(=O)O)N2C(=O)CC2(NC(=O)COc2ccccc2)[S@@+]1[O-]. The monoisotopic (exact) mass is 366 g/mol. The zero-order valence-corrected chi connectivity index (χ0v) is 14.5. The number of carbonyl (C=O) groups is 3. The molecule has 2 amide bonds. The molecule has 0 saturated carbocycles. The molecule has 2 heterocycles. The Labute approximate surface area is 147 Å². The number of fused-ring (bicyclic) bond motifs is 1. The lowest BCUT2D eigenvalue weighted by Gasteiger charge is -2.45. The van der Waals surface area contributed by atoms with Crippen molar-refractivity contribution < 1.29 is 28.8 Å². The molecule has 1 unspecified atom stereocenters. The summed E-state index contributed by atoms with van der Waals surface area (Å²) in [7, 11) is 0. The number of rotatable bonds is 5. The smallest absolute Gasteiger partial charge is 0.332 e. The van der Waals surface area contributed by atoms with Crippen LogP contribution in [-0.4, -0.2) is 54.7 Å². The summed E-state index contributed by atoms with van der Waals surface area (Å²) in [6, 6.07) is 7.42. The van der Waals surface area contributed by atoms with E-state index >= 15 is 0 Å². The standard InChI is InChI=1S/C16H18N2O6S/c1-15(2)13(14(21)22)18-12(20)8-16(18,25(15)23)17-11(19)9-24-10-6-4-3-5-7-10/h3-7,13H,8-9H2,1-2H3,(H,17,19)(H,21,22)/t13-,16?,25-/m0/s1. The summed E-state index contributed by atoms with van der Waals surface area (Å²) >= 11 is -1.78. The minimum Gasteiger partial charge on any atom is -0.613 e. The number of nitrogens with zero attached hydrogens (tertiary/aromatic N) is 1. The van der Waals surface area contributed by atoms with Gasteiger partial charge >= 0.3 is 5.97 Å². The lowest BCUT2D eigenvalue weighted by molar-refractivity contribution is -0.166. The molecule has 2 aliphatic rings. The Hall–Kier alpha value is -2.26. The molecule has 1 aromatic carbocycles. The van der Waals surface area contributed by atoms with E-state index in [1.807, 2.05) is 0 Å². The number of para-hydroxylation sites is 1. The summed E-state index contributed by atoms with van der Waals surface area (Å²) in [6.45, 7) is 2.70. The molecule has 8 nitrogen and oxygen atoms in total. The number of hydrogen-bond acceptors (Lipinski definition) is 5. The van der Waals surface area contributed by atoms with Crippen LogP contribution in [0, 0.1) is 0 Å². The molecule has 0 aliphatic carbocycles. The van der Waals surface area contributed by atoms with Crippen LogP contribution in [0.4, 0.5) is 0 Å². The molecule has 1 aromatic rings. The third-order valence-electron chi connectivity index (χ3n) is 4.43. The van der Waals surface area contributed by atoms with Gasteiger partial charge in [-0.3, -0.25) is 19.8 Å². The van der Waals surface area contributed by atoms with Gasteiger partial charge in [-0.15, -0.1) is 0 Å². The number of hydrogen-bond donors (Lipinski definition) is 2. The summed E-state index contributed by atoms with van der Waals surface area (Å²) in [4.78, 5) is 35.3. The predicted octanol–water partition coefficient (Wildman–Crippen LogP) is 0.0618. The van der Waals surface area contributed by atoms with Gasteiger partial charge in [0.2, 0.25) is 5.91 Å². The van der Waals surface area contributed by atoms with E-state index in [2.05, 4.69) is 5.32 Å². The van der Waals surface area contributed by atoms with Gasteiger partial charge in [-0.05, 0) is 26.0 Å². The molecule has 2 fully saturated rings. The Morgan fingerprint density at radius 2 is 2.04 bits per heavy atom. The van der Waals surface area contributed by atoms with Crippen LogP contribution >= 0.6 is 0 Å². The van der Waals surface area contributed by atoms with Gasteiger partial charge in [0.25, 0.3) is 10.9 Å². The highest BCUT2D eigenvalue weighted by atomic mass is 32.2. The molecule has 3 rings (SSSR count). The van der Waals surface area contributed by atoms with Gasteiger partial charge in [0.15, 0.2) is 17.4 Å². The zero-order chi connectivity index (χ0) is 18.4. The van der Waals surface area contributed by atoms with Crippen molar-refractivity contribution in [2.24, 2.45) is 0 Å². The highest BCUT2D eigenvalue weighted by molar-refractivity contribution is 7.94. The molecule has 134 valence electrons. The average molecular weight is 366 g/mol. The van der Waals surface area contributed by atoms with E-state index in [4.69, 9.17) is 4.74 Å². The fourth-order valence-electron chi connectivity index (χ4n) is 3.32. The Kier molecular flexibility index (Phi) is 4.16. The fourth-order valence-corrected chi connectivity index (χ4v) is 5.44. The van der Waals surface area contributed by atoms with Crippen LogP contribution in [0.15, 0.2) is 30.3 Å². The number of β-lactam (4-membered cyclic amide) rings is 1. The van der Waals surface area contributed by atoms with Crippen LogP contribution in [0.2, 0.25) is 0 Å².